The number of hydrogen-bond donors (Lipinski definition) is 0. The highest BCUT2D eigenvalue weighted by atomic mass is 16.7. The highest BCUT2D eigenvalue weighted by Crippen LogP contribution is 2.35. The Morgan fingerprint density at radius 2 is 0.970 bits per heavy atom. The van der Waals surface area contributed by atoms with Gasteiger partial charge in [0.2, 0.25) is 0 Å². The van der Waals surface area contributed by atoms with E-state index in [1.807, 2.05) is 6.92 Å². The zero-order chi connectivity index (χ0) is 24.8. The molecule has 0 saturated heterocycles. The molecule has 1 atom stereocenters. The SMILES string of the molecule is CCCCCCCCCC(=O)OC(CC)(OC(=O)CCCCCCCCC)C(CC)CCC. The number of carbonyl (C=O) groups is 2. The number of hydrogen-bond acceptors (Lipinski definition) is 4. The van der Waals surface area contributed by atoms with Gasteiger partial charge in [0.25, 0.3) is 5.79 Å². The molecule has 0 amide bonds. The molecule has 4 nitrogen and oxygen atoms in total. The van der Waals surface area contributed by atoms with Crippen LogP contribution in [0.15, 0.2) is 0 Å². The van der Waals surface area contributed by atoms with Crippen LogP contribution in [0.4, 0.5) is 0 Å². The molecule has 0 aliphatic rings. The maximum Gasteiger partial charge on any atom is 0.309 e. The van der Waals surface area contributed by atoms with Crippen LogP contribution in [0.2, 0.25) is 0 Å². The minimum Gasteiger partial charge on any atom is -0.422 e. The summed E-state index contributed by atoms with van der Waals surface area (Å²) in [6.07, 6.45) is 20.3. The first kappa shape index (κ1) is 31.9. The van der Waals surface area contributed by atoms with Crippen molar-refractivity contribution in [2.75, 3.05) is 0 Å². The van der Waals surface area contributed by atoms with E-state index >= 15 is 0 Å². The van der Waals surface area contributed by atoms with Crippen molar-refractivity contribution in [3.63, 3.8) is 0 Å². The van der Waals surface area contributed by atoms with Gasteiger partial charge in [-0.15, -0.1) is 0 Å². The maximum absolute atomic E-state index is 12.7. The van der Waals surface area contributed by atoms with Gasteiger partial charge in [-0.25, -0.2) is 0 Å². The topological polar surface area (TPSA) is 52.6 Å². The predicted octanol–water partition coefficient (Wildman–Crippen LogP) is 9.29. The normalized spacial score (nSPS) is 12.5. The molecular formula is C29H56O4. The van der Waals surface area contributed by atoms with Crippen LogP contribution in [0, 0.1) is 5.92 Å². The molecule has 0 heterocycles. The molecule has 0 spiro atoms. The fourth-order valence-electron chi connectivity index (χ4n) is 4.64. The Kier molecular flexibility index (Phi) is 20.8. The van der Waals surface area contributed by atoms with Gasteiger partial charge < -0.3 is 9.47 Å². The third-order valence-electron chi connectivity index (χ3n) is 6.79. The van der Waals surface area contributed by atoms with E-state index < -0.39 is 5.79 Å². The van der Waals surface area contributed by atoms with Crippen LogP contribution in [-0.4, -0.2) is 17.7 Å². The summed E-state index contributed by atoms with van der Waals surface area (Å²) < 4.78 is 12.0. The van der Waals surface area contributed by atoms with Gasteiger partial charge in [-0.3, -0.25) is 9.59 Å². The van der Waals surface area contributed by atoms with E-state index in [1.165, 1.54) is 64.2 Å². The molecule has 0 bridgehead atoms. The highest BCUT2D eigenvalue weighted by molar-refractivity contribution is 5.72. The molecule has 0 aromatic rings. The largest absolute Gasteiger partial charge is 0.422 e. The van der Waals surface area contributed by atoms with E-state index in [4.69, 9.17) is 9.47 Å². The van der Waals surface area contributed by atoms with E-state index in [9.17, 15) is 9.59 Å². The Hall–Kier alpha value is -1.06. The molecule has 1 unspecified atom stereocenters. The standard InChI is InChI=1S/C29H56O4/c1-6-11-13-15-17-19-21-24-27(30)32-29(10-5,26(9-4)23-8-3)33-28(31)25-22-20-18-16-14-12-7-2/h26H,6-25H2,1-5H3. The maximum atomic E-state index is 12.7. The van der Waals surface area contributed by atoms with Gasteiger partial charge in [-0.05, 0) is 25.7 Å². The summed E-state index contributed by atoms with van der Waals surface area (Å²) in [7, 11) is 0. The molecule has 4 heteroatoms. The first-order chi connectivity index (χ1) is 16.0. The lowest BCUT2D eigenvalue weighted by molar-refractivity contribution is -0.251. The molecule has 33 heavy (non-hydrogen) atoms. The summed E-state index contributed by atoms with van der Waals surface area (Å²) in [6.45, 7) is 10.6. The smallest absolute Gasteiger partial charge is 0.309 e. The zero-order valence-corrected chi connectivity index (χ0v) is 22.9. The van der Waals surface area contributed by atoms with Crippen molar-refractivity contribution in [2.45, 2.75) is 169 Å². The van der Waals surface area contributed by atoms with Crippen molar-refractivity contribution < 1.29 is 19.1 Å². The molecule has 0 aromatic heterocycles. The number of rotatable bonds is 23. The average Bonchev–Trinajstić information content (AvgIpc) is 2.80. The lowest BCUT2D eigenvalue weighted by Crippen LogP contribution is -2.46. The van der Waals surface area contributed by atoms with Crippen molar-refractivity contribution in [1.29, 1.82) is 0 Å². The van der Waals surface area contributed by atoms with Crippen LogP contribution in [0.3, 0.4) is 0 Å². The first-order valence-electron chi connectivity index (χ1n) is 14.4. The molecule has 0 saturated carbocycles. The van der Waals surface area contributed by atoms with Crippen molar-refractivity contribution >= 4 is 11.9 Å². The van der Waals surface area contributed by atoms with E-state index in [0.717, 1.165) is 44.9 Å². The lowest BCUT2D eigenvalue weighted by atomic mass is 9.88. The van der Waals surface area contributed by atoms with Gasteiger partial charge in [0.15, 0.2) is 0 Å². The molecule has 0 aromatic carbocycles. The van der Waals surface area contributed by atoms with Crippen LogP contribution in [0.1, 0.15) is 163 Å². The van der Waals surface area contributed by atoms with Gasteiger partial charge in [0.05, 0.1) is 0 Å². The van der Waals surface area contributed by atoms with Crippen LogP contribution < -0.4 is 0 Å². The Morgan fingerprint density at radius 3 is 1.30 bits per heavy atom. The number of unbranched alkanes of at least 4 members (excludes halogenated alkanes) is 12. The number of carbonyl (C=O) groups excluding carboxylic acids is 2. The first-order valence-corrected chi connectivity index (χ1v) is 14.4. The summed E-state index contributed by atoms with van der Waals surface area (Å²) in [5.41, 5.74) is 0. The molecule has 0 N–H and O–H groups in total. The van der Waals surface area contributed by atoms with Crippen molar-refractivity contribution in [1.82, 2.24) is 0 Å². The second-order valence-corrected chi connectivity index (χ2v) is 9.75. The fraction of sp³-hybridized carbons (Fsp3) is 0.931. The minimum atomic E-state index is -1.11. The van der Waals surface area contributed by atoms with Gasteiger partial charge >= 0.3 is 11.9 Å². The van der Waals surface area contributed by atoms with Crippen molar-refractivity contribution in [2.24, 2.45) is 5.92 Å². The monoisotopic (exact) mass is 468 g/mol. The second kappa shape index (κ2) is 21.5. The fourth-order valence-corrected chi connectivity index (χ4v) is 4.64. The summed E-state index contributed by atoms with van der Waals surface area (Å²) in [4.78, 5) is 25.5. The number of esters is 2. The predicted molar refractivity (Wildman–Crippen MR) is 139 cm³/mol. The van der Waals surface area contributed by atoms with Gasteiger partial charge in [0.1, 0.15) is 0 Å². The Bertz CT molecular complexity index is 442. The van der Waals surface area contributed by atoms with Gasteiger partial charge in [-0.2, -0.15) is 0 Å². The molecule has 0 fully saturated rings. The molecule has 0 aliphatic carbocycles. The van der Waals surface area contributed by atoms with E-state index in [-0.39, 0.29) is 17.9 Å². The summed E-state index contributed by atoms with van der Waals surface area (Å²) >= 11 is 0. The van der Waals surface area contributed by atoms with E-state index in [0.29, 0.717) is 19.3 Å². The summed E-state index contributed by atoms with van der Waals surface area (Å²) in [5.74, 6) is -1.50. The van der Waals surface area contributed by atoms with Crippen LogP contribution in [0.5, 0.6) is 0 Å². The van der Waals surface area contributed by atoms with E-state index in [1.54, 1.807) is 0 Å². The Morgan fingerprint density at radius 1 is 0.576 bits per heavy atom. The van der Waals surface area contributed by atoms with E-state index in [2.05, 4.69) is 27.7 Å². The quantitative estimate of drug-likeness (QED) is 0.0851. The third-order valence-corrected chi connectivity index (χ3v) is 6.79. The second-order valence-electron chi connectivity index (χ2n) is 9.75. The zero-order valence-electron chi connectivity index (χ0n) is 22.9. The molecular weight excluding hydrogens is 412 g/mol. The molecule has 196 valence electrons. The van der Waals surface area contributed by atoms with Crippen LogP contribution in [-0.2, 0) is 19.1 Å². The van der Waals surface area contributed by atoms with Crippen LogP contribution >= 0.6 is 0 Å². The highest BCUT2D eigenvalue weighted by Gasteiger charge is 2.43. The molecule has 0 radical (unpaired) electrons. The summed E-state index contributed by atoms with van der Waals surface area (Å²) in [5, 5.41) is 0. The lowest BCUT2D eigenvalue weighted by Gasteiger charge is -2.38. The average molecular weight is 469 g/mol. The molecule has 0 aliphatic heterocycles. The summed E-state index contributed by atoms with van der Waals surface area (Å²) in [6, 6.07) is 0. The Labute approximate surface area is 206 Å². The van der Waals surface area contributed by atoms with Crippen LogP contribution in [0.25, 0.3) is 0 Å². The Balaban J connectivity index is 4.72. The van der Waals surface area contributed by atoms with Crippen molar-refractivity contribution in [3.05, 3.63) is 0 Å². The van der Waals surface area contributed by atoms with Gasteiger partial charge in [-0.1, -0.05) is 118 Å². The number of ether oxygens (including phenoxy) is 2. The third kappa shape index (κ3) is 15.5. The molecule has 0 rings (SSSR count). The van der Waals surface area contributed by atoms with Gasteiger partial charge in [0, 0.05) is 25.2 Å². The van der Waals surface area contributed by atoms with Crippen molar-refractivity contribution in [3.8, 4) is 0 Å². The minimum absolute atomic E-state index is 0.0449.